The molecule has 2 aromatic rings. The first-order chi connectivity index (χ1) is 18.4. The number of quaternary nitrogens is 2. The summed E-state index contributed by atoms with van der Waals surface area (Å²) in [6, 6.07) is 21.5. The molecule has 0 amide bonds. The molecule has 0 aliphatic carbocycles. The summed E-state index contributed by atoms with van der Waals surface area (Å²) in [6.45, 7) is 5.86. The molecule has 40 heavy (non-hydrogen) atoms. The van der Waals surface area contributed by atoms with E-state index >= 15 is 0 Å². The summed E-state index contributed by atoms with van der Waals surface area (Å²) in [7, 11) is 9.07. The molecule has 0 spiro atoms. The van der Waals surface area contributed by atoms with Crippen molar-refractivity contribution < 1.29 is 34.2 Å². The molecule has 0 aliphatic rings. The Bertz CT molecular complexity index is 750. The van der Waals surface area contributed by atoms with Gasteiger partial charge >= 0.3 is 0 Å². The molecule has 2 nitrogen and oxygen atoms in total. The molecule has 232 valence electrons. The highest BCUT2D eigenvalue weighted by Gasteiger charge is 2.14. The number of benzene rings is 2. The van der Waals surface area contributed by atoms with Crippen LogP contribution in [0.2, 0.25) is 0 Å². The van der Waals surface area contributed by atoms with Gasteiger partial charge in [0, 0.05) is 11.1 Å². The maximum atomic E-state index is 2.37. The van der Waals surface area contributed by atoms with E-state index in [-0.39, 0.29) is 24.8 Å². The summed E-state index contributed by atoms with van der Waals surface area (Å²) in [5.74, 6) is 0. The van der Waals surface area contributed by atoms with E-state index in [0.717, 1.165) is 17.6 Å². The Labute approximate surface area is 262 Å². The standard InChI is InChI=1S/C27H50N.C9H13N.2ClH/c1-4-5-6-7-8-9-10-11-12-13-14-15-16-17-18-22-25-28(2,3)26-27-23-20-19-21-24-27;1-10(2)8-9-6-4-3-5-7-9;;/h19-21,23-24H,4-18,22,25-26H2,1-3H3;3-7H,8H2,1-2H3;2*1H/q+1;;;/p-1. The Morgan fingerprint density at radius 2 is 0.850 bits per heavy atom. The molecular weight excluding hydrogens is 531 g/mol. The van der Waals surface area contributed by atoms with Crippen LogP contribution in [-0.2, 0) is 13.1 Å². The van der Waals surface area contributed by atoms with Gasteiger partial charge in [0.15, 0.2) is 0 Å². The summed E-state index contributed by atoms with van der Waals surface area (Å²) in [5.41, 5.74) is 2.87. The Hall–Kier alpha value is -1.06. The van der Waals surface area contributed by atoms with E-state index in [4.69, 9.17) is 0 Å². The van der Waals surface area contributed by atoms with Crippen LogP contribution in [-0.4, -0.2) is 39.2 Å². The van der Waals surface area contributed by atoms with Crippen molar-refractivity contribution in [2.45, 2.75) is 123 Å². The smallest absolute Gasteiger partial charge is 0.104 e. The van der Waals surface area contributed by atoms with E-state index in [1.54, 1.807) is 0 Å². The summed E-state index contributed by atoms with van der Waals surface area (Å²) >= 11 is 0. The molecule has 0 unspecified atom stereocenters. The zero-order valence-corrected chi connectivity index (χ0v) is 28.4. The minimum atomic E-state index is 0. The molecule has 4 heteroatoms. The zero-order chi connectivity index (χ0) is 27.7. The van der Waals surface area contributed by atoms with E-state index in [1.165, 1.54) is 125 Å². The first-order valence-corrected chi connectivity index (χ1v) is 16.1. The maximum Gasteiger partial charge on any atom is 0.104 e. The van der Waals surface area contributed by atoms with Crippen LogP contribution in [0.5, 0.6) is 0 Å². The van der Waals surface area contributed by atoms with Gasteiger partial charge in [-0.1, -0.05) is 157 Å². The van der Waals surface area contributed by atoms with Gasteiger partial charge < -0.3 is 34.2 Å². The second-order valence-corrected chi connectivity index (χ2v) is 12.5. The van der Waals surface area contributed by atoms with Crippen LogP contribution < -0.4 is 29.7 Å². The van der Waals surface area contributed by atoms with Crippen molar-refractivity contribution in [2.75, 3.05) is 34.7 Å². The van der Waals surface area contributed by atoms with Gasteiger partial charge in [0.05, 0.1) is 34.7 Å². The van der Waals surface area contributed by atoms with Crippen molar-refractivity contribution in [3.63, 3.8) is 0 Å². The summed E-state index contributed by atoms with van der Waals surface area (Å²) in [4.78, 5) is 1.46. The highest BCUT2D eigenvalue weighted by atomic mass is 35.5. The largest absolute Gasteiger partial charge is 1.00 e. The van der Waals surface area contributed by atoms with Crippen molar-refractivity contribution in [1.29, 1.82) is 0 Å². The average Bonchev–Trinajstić information content (AvgIpc) is 2.89. The van der Waals surface area contributed by atoms with Crippen molar-refractivity contribution >= 4 is 0 Å². The number of hydrogen-bond donors (Lipinski definition) is 1. The number of halogens is 2. The number of nitrogens with one attached hydrogen (secondary N) is 1. The molecule has 0 aliphatic heterocycles. The molecule has 1 N–H and O–H groups in total. The lowest BCUT2D eigenvalue weighted by atomic mass is 10.0. The average molecular weight is 596 g/mol. The fourth-order valence-corrected chi connectivity index (χ4v) is 5.25. The molecule has 0 atom stereocenters. The third-order valence-electron chi connectivity index (χ3n) is 7.47. The summed E-state index contributed by atoms with van der Waals surface area (Å²) in [5, 5.41) is 0. The zero-order valence-electron chi connectivity index (χ0n) is 26.9. The van der Waals surface area contributed by atoms with Crippen molar-refractivity contribution in [3.8, 4) is 0 Å². The minimum absolute atomic E-state index is 0. The van der Waals surface area contributed by atoms with Crippen LogP contribution in [0.15, 0.2) is 60.7 Å². The third-order valence-corrected chi connectivity index (χ3v) is 7.47. The second-order valence-electron chi connectivity index (χ2n) is 12.5. The third kappa shape index (κ3) is 25.9. The SMILES string of the molecule is CCCCCCCCCCCCCCCCCC[N+](C)(C)Cc1ccccc1.C[NH+](C)Cc1ccccc1.[Cl-].[Cl-]. The van der Waals surface area contributed by atoms with Crippen molar-refractivity contribution in [1.82, 2.24) is 0 Å². The highest BCUT2D eigenvalue weighted by Crippen LogP contribution is 2.15. The lowest BCUT2D eigenvalue weighted by Crippen LogP contribution is -3.04. The Morgan fingerprint density at radius 3 is 1.23 bits per heavy atom. The van der Waals surface area contributed by atoms with E-state index in [9.17, 15) is 0 Å². The van der Waals surface area contributed by atoms with Gasteiger partial charge in [0.1, 0.15) is 13.1 Å². The number of hydrogen-bond acceptors (Lipinski definition) is 0. The Kier molecular flexibility index (Phi) is 28.8. The summed E-state index contributed by atoms with van der Waals surface area (Å²) in [6.07, 6.45) is 23.2. The molecule has 0 heterocycles. The summed E-state index contributed by atoms with van der Waals surface area (Å²) < 4.78 is 1.11. The van der Waals surface area contributed by atoms with E-state index in [0.29, 0.717) is 0 Å². The van der Waals surface area contributed by atoms with Crippen LogP contribution in [0, 0.1) is 0 Å². The van der Waals surface area contributed by atoms with E-state index in [2.05, 4.69) is 95.8 Å². The Morgan fingerprint density at radius 1 is 0.500 bits per heavy atom. The molecule has 0 saturated carbocycles. The first-order valence-electron chi connectivity index (χ1n) is 16.1. The Balaban J connectivity index is 0. The van der Waals surface area contributed by atoms with Crippen LogP contribution in [0.1, 0.15) is 121 Å². The molecule has 0 saturated heterocycles. The van der Waals surface area contributed by atoms with Gasteiger partial charge in [-0.05, 0) is 12.8 Å². The quantitative estimate of drug-likeness (QED) is 0.167. The number of rotatable bonds is 21. The topological polar surface area (TPSA) is 4.44 Å². The van der Waals surface area contributed by atoms with E-state index in [1.807, 2.05) is 0 Å². The monoisotopic (exact) mass is 594 g/mol. The number of nitrogens with zero attached hydrogens (tertiary/aromatic N) is 1. The minimum Gasteiger partial charge on any atom is -1.00 e. The van der Waals surface area contributed by atoms with Gasteiger partial charge in [0.25, 0.3) is 0 Å². The van der Waals surface area contributed by atoms with Crippen molar-refractivity contribution in [2.24, 2.45) is 0 Å². The highest BCUT2D eigenvalue weighted by molar-refractivity contribution is 5.13. The fraction of sp³-hybridized carbons (Fsp3) is 0.667. The lowest BCUT2D eigenvalue weighted by Gasteiger charge is -2.30. The molecule has 0 bridgehead atoms. The molecule has 0 fully saturated rings. The van der Waals surface area contributed by atoms with Crippen molar-refractivity contribution in [3.05, 3.63) is 71.8 Å². The second kappa shape index (κ2) is 28.1. The van der Waals surface area contributed by atoms with Gasteiger partial charge in [-0.3, -0.25) is 0 Å². The van der Waals surface area contributed by atoms with Gasteiger partial charge in [0.2, 0.25) is 0 Å². The van der Waals surface area contributed by atoms with Gasteiger partial charge in [-0.15, -0.1) is 0 Å². The normalized spacial score (nSPS) is 10.8. The van der Waals surface area contributed by atoms with Crippen LogP contribution in [0.4, 0.5) is 0 Å². The van der Waals surface area contributed by atoms with Crippen LogP contribution >= 0.6 is 0 Å². The molecule has 2 rings (SSSR count). The van der Waals surface area contributed by atoms with Crippen LogP contribution in [0.3, 0.4) is 0 Å². The molecule has 2 aromatic carbocycles. The first kappa shape index (κ1) is 41.1. The predicted octanol–water partition coefficient (Wildman–Crippen LogP) is 2.86. The number of unbranched alkanes of at least 4 members (excludes halogenated alkanes) is 15. The molecular formula is C36H64Cl2N2. The fourth-order valence-electron chi connectivity index (χ4n) is 5.25. The van der Waals surface area contributed by atoms with E-state index < -0.39 is 0 Å². The lowest BCUT2D eigenvalue weighted by molar-refractivity contribution is -0.903. The molecule has 0 aromatic heterocycles. The van der Waals surface area contributed by atoms with Gasteiger partial charge in [-0.2, -0.15) is 0 Å². The molecule has 0 radical (unpaired) electrons. The van der Waals surface area contributed by atoms with Gasteiger partial charge in [-0.25, -0.2) is 0 Å². The predicted molar refractivity (Wildman–Crippen MR) is 170 cm³/mol. The van der Waals surface area contributed by atoms with Crippen LogP contribution in [0.25, 0.3) is 0 Å². The maximum absolute atomic E-state index is 2.37.